The summed E-state index contributed by atoms with van der Waals surface area (Å²) < 4.78 is 25.1. The first kappa shape index (κ1) is 21.0. The summed E-state index contributed by atoms with van der Waals surface area (Å²) in [5, 5.41) is 2.99. The Morgan fingerprint density at radius 2 is 1.81 bits per heavy atom. The van der Waals surface area contributed by atoms with E-state index in [1.54, 1.807) is 30.9 Å². The minimum atomic E-state index is -3.26. The number of benzene rings is 1. The largest absolute Gasteiger partial charge is 0.340 e. The minimum Gasteiger partial charge on any atom is -0.340 e. The fraction of sp³-hybridized carbons (Fsp3) is 0.500. The standard InChI is InChI=1S/C16H21Cl2N3O4S/c1-3-26(24,25)21-9-7-20(8-10-21)16(23)11(2)19-15(22)12-5-4-6-13(17)14(12)18/h4-6,11H,3,7-10H2,1-2H3,(H,19,22). The van der Waals surface area contributed by atoms with Crippen LogP contribution in [0.1, 0.15) is 24.2 Å². The van der Waals surface area contributed by atoms with Gasteiger partial charge in [-0.2, -0.15) is 4.31 Å². The molecule has 1 atom stereocenters. The van der Waals surface area contributed by atoms with Crippen LogP contribution in [-0.4, -0.2) is 67.4 Å². The van der Waals surface area contributed by atoms with E-state index in [2.05, 4.69) is 5.32 Å². The maximum atomic E-state index is 12.5. The van der Waals surface area contributed by atoms with Gasteiger partial charge in [0.25, 0.3) is 5.91 Å². The van der Waals surface area contributed by atoms with Gasteiger partial charge in [-0.15, -0.1) is 0 Å². The Hall–Kier alpha value is -1.35. The van der Waals surface area contributed by atoms with Crippen LogP contribution in [-0.2, 0) is 14.8 Å². The number of sulfonamides is 1. The normalized spacial score (nSPS) is 17.0. The number of piperazine rings is 1. The Morgan fingerprint density at radius 3 is 2.38 bits per heavy atom. The zero-order chi connectivity index (χ0) is 19.5. The predicted octanol–water partition coefficient (Wildman–Crippen LogP) is 1.61. The second kappa shape index (κ2) is 8.56. The van der Waals surface area contributed by atoms with Crippen molar-refractivity contribution < 1.29 is 18.0 Å². The Bertz CT molecular complexity index is 793. The average Bonchev–Trinajstić information content (AvgIpc) is 2.63. The van der Waals surface area contributed by atoms with Crippen molar-refractivity contribution in [3.63, 3.8) is 0 Å². The van der Waals surface area contributed by atoms with Crippen molar-refractivity contribution in [3.8, 4) is 0 Å². The number of hydrogen-bond acceptors (Lipinski definition) is 4. The van der Waals surface area contributed by atoms with E-state index in [-0.39, 0.29) is 53.4 Å². The molecule has 26 heavy (non-hydrogen) atoms. The van der Waals surface area contributed by atoms with E-state index in [0.29, 0.717) is 0 Å². The van der Waals surface area contributed by atoms with Crippen LogP contribution in [0.5, 0.6) is 0 Å². The van der Waals surface area contributed by atoms with Crippen molar-refractivity contribution in [1.29, 1.82) is 0 Å². The van der Waals surface area contributed by atoms with Gasteiger partial charge in [0.05, 0.1) is 21.4 Å². The van der Waals surface area contributed by atoms with Crippen LogP contribution in [0.4, 0.5) is 0 Å². The molecule has 1 unspecified atom stereocenters. The van der Waals surface area contributed by atoms with Crippen LogP contribution in [0.25, 0.3) is 0 Å². The summed E-state index contributed by atoms with van der Waals surface area (Å²) in [4.78, 5) is 26.4. The van der Waals surface area contributed by atoms with Gasteiger partial charge in [-0.25, -0.2) is 8.42 Å². The first-order chi connectivity index (χ1) is 12.2. The number of nitrogens with zero attached hydrogens (tertiary/aromatic N) is 2. The second-order valence-corrected chi connectivity index (χ2v) is 8.96. The monoisotopic (exact) mass is 421 g/mol. The molecule has 0 bridgehead atoms. The summed E-state index contributed by atoms with van der Waals surface area (Å²) >= 11 is 11.9. The molecule has 0 aliphatic carbocycles. The highest BCUT2D eigenvalue weighted by atomic mass is 35.5. The quantitative estimate of drug-likeness (QED) is 0.781. The Morgan fingerprint density at radius 1 is 1.19 bits per heavy atom. The van der Waals surface area contributed by atoms with Gasteiger partial charge in [0.1, 0.15) is 6.04 Å². The third kappa shape index (κ3) is 4.68. The summed E-state index contributed by atoms with van der Waals surface area (Å²) in [6, 6.07) is 3.92. The van der Waals surface area contributed by atoms with E-state index < -0.39 is 22.0 Å². The van der Waals surface area contributed by atoms with Crippen LogP contribution in [0.3, 0.4) is 0 Å². The molecule has 0 spiro atoms. The van der Waals surface area contributed by atoms with Gasteiger partial charge < -0.3 is 10.2 Å². The molecular formula is C16H21Cl2N3O4S. The van der Waals surface area contributed by atoms with E-state index in [1.807, 2.05) is 0 Å². The molecule has 1 fully saturated rings. The SMILES string of the molecule is CCS(=O)(=O)N1CCN(C(=O)C(C)NC(=O)c2cccc(Cl)c2Cl)CC1. The first-order valence-electron chi connectivity index (χ1n) is 8.19. The number of amides is 2. The molecule has 144 valence electrons. The minimum absolute atomic E-state index is 0.0355. The molecule has 1 N–H and O–H groups in total. The summed E-state index contributed by atoms with van der Waals surface area (Å²) in [6.45, 7) is 4.25. The number of carbonyl (C=O) groups excluding carboxylic acids is 2. The highest BCUT2D eigenvalue weighted by Gasteiger charge is 2.30. The van der Waals surface area contributed by atoms with Crippen LogP contribution in [0, 0.1) is 0 Å². The molecule has 1 saturated heterocycles. The maximum Gasteiger partial charge on any atom is 0.253 e. The Kier molecular flexibility index (Phi) is 6.90. The van der Waals surface area contributed by atoms with Gasteiger partial charge in [0, 0.05) is 26.2 Å². The zero-order valence-electron chi connectivity index (χ0n) is 14.5. The van der Waals surface area contributed by atoms with Gasteiger partial charge in [-0.1, -0.05) is 29.3 Å². The summed E-state index contributed by atoms with van der Waals surface area (Å²) in [5.41, 5.74) is 0.192. The van der Waals surface area contributed by atoms with Crippen molar-refractivity contribution >= 4 is 45.0 Å². The molecular weight excluding hydrogens is 401 g/mol. The molecule has 1 aliphatic heterocycles. The average molecular weight is 422 g/mol. The molecule has 1 aromatic carbocycles. The van der Waals surface area contributed by atoms with E-state index in [4.69, 9.17) is 23.2 Å². The predicted molar refractivity (Wildman–Crippen MR) is 101 cm³/mol. The van der Waals surface area contributed by atoms with Crippen molar-refractivity contribution in [2.24, 2.45) is 0 Å². The lowest BCUT2D eigenvalue weighted by Gasteiger charge is -2.35. The van der Waals surface area contributed by atoms with Crippen LogP contribution in [0.2, 0.25) is 10.0 Å². The third-order valence-electron chi connectivity index (χ3n) is 4.22. The Labute approximate surface area is 163 Å². The lowest BCUT2D eigenvalue weighted by Crippen LogP contribution is -2.55. The van der Waals surface area contributed by atoms with E-state index >= 15 is 0 Å². The van der Waals surface area contributed by atoms with Crippen LogP contribution < -0.4 is 5.32 Å². The van der Waals surface area contributed by atoms with Crippen LogP contribution in [0.15, 0.2) is 18.2 Å². The van der Waals surface area contributed by atoms with Gasteiger partial charge in [-0.3, -0.25) is 9.59 Å². The number of halogens is 2. The Balaban J connectivity index is 1.96. The van der Waals surface area contributed by atoms with Gasteiger partial charge in [0.2, 0.25) is 15.9 Å². The molecule has 7 nitrogen and oxygen atoms in total. The molecule has 2 amide bonds. The number of rotatable bonds is 5. The summed E-state index contributed by atoms with van der Waals surface area (Å²) in [5.74, 6) is -0.732. The fourth-order valence-corrected chi connectivity index (χ4v) is 4.13. The molecule has 2 rings (SSSR count). The molecule has 1 heterocycles. The van der Waals surface area contributed by atoms with Gasteiger partial charge in [-0.05, 0) is 26.0 Å². The second-order valence-electron chi connectivity index (χ2n) is 5.92. The van der Waals surface area contributed by atoms with E-state index in [1.165, 1.54) is 10.4 Å². The first-order valence-corrected chi connectivity index (χ1v) is 10.6. The third-order valence-corrected chi connectivity index (χ3v) is 6.92. The summed E-state index contributed by atoms with van der Waals surface area (Å²) in [6.07, 6.45) is 0. The van der Waals surface area contributed by atoms with Gasteiger partial charge in [0.15, 0.2) is 0 Å². The van der Waals surface area contributed by atoms with E-state index in [0.717, 1.165) is 0 Å². The van der Waals surface area contributed by atoms with Crippen LogP contribution >= 0.6 is 23.2 Å². The molecule has 0 radical (unpaired) electrons. The molecule has 1 aliphatic rings. The lowest BCUT2D eigenvalue weighted by atomic mass is 10.2. The van der Waals surface area contributed by atoms with Crippen molar-refractivity contribution in [1.82, 2.24) is 14.5 Å². The van der Waals surface area contributed by atoms with Gasteiger partial charge >= 0.3 is 0 Å². The topological polar surface area (TPSA) is 86.8 Å². The number of nitrogens with one attached hydrogen (secondary N) is 1. The summed E-state index contributed by atoms with van der Waals surface area (Å²) in [7, 11) is -3.26. The highest BCUT2D eigenvalue weighted by Crippen LogP contribution is 2.25. The van der Waals surface area contributed by atoms with Crippen molar-refractivity contribution in [3.05, 3.63) is 33.8 Å². The zero-order valence-corrected chi connectivity index (χ0v) is 16.9. The molecule has 0 saturated carbocycles. The van der Waals surface area contributed by atoms with Crippen molar-refractivity contribution in [2.45, 2.75) is 19.9 Å². The molecule has 1 aromatic rings. The van der Waals surface area contributed by atoms with E-state index in [9.17, 15) is 18.0 Å². The molecule has 10 heteroatoms. The lowest BCUT2D eigenvalue weighted by molar-refractivity contribution is -0.134. The highest BCUT2D eigenvalue weighted by molar-refractivity contribution is 7.89. The maximum absolute atomic E-state index is 12.5. The number of hydrogen-bond donors (Lipinski definition) is 1. The number of carbonyl (C=O) groups is 2. The fourth-order valence-electron chi connectivity index (χ4n) is 2.66. The molecule has 0 aromatic heterocycles. The smallest absolute Gasteiger partial charge is 0.253 e. The van der Waals surface area contributed by atoms with Crippen molar-refractivity contribution in [2.75, 3.05) is 31.9 Å².